The molecule has 154 valence electrons. The highest BCUT2D eigenvalue weighted by Gasteiger charge is 2.14. The van der Waals surface area contributed by atoms with Gasteiger partial charge in [0, 0.05) is 25.0 Å². The van der Waals surface area contributed by atoms with Crippen LogP contribution in [0.15, 0.2) is 73.3 Å². The molecule has 4 rings (SSSR count). The Labute approximate surface area is 174 Å². The van der Waals surface area contributed by atoms with Gasteiger partial charge in [-0.3, -0.25) is 4.79 Å². The van der Waals surface area contributed by atoms with Crippen LogP contribution in [0.4, 0.5) is 0 Å². The zero-order valence-electron chi connectivity index (χ0n) is 16.5. The van der Waals surface area contributed by atoms with E-state index in [2.05, 4.69) is 15.6 Å². The molecule has 4 aromatic rings. The lowest BCUT2D eigenvalue weighted by atomic mass is 10.2. The molecular formula is C23H24N4O3. The third kappa shape index (κ3) is 4.36. The Morgan fingerprint density at radius 1 is 1.17 bits per heavy atom. The predicted molar refractivity (Wildman–Crippen MR) is 114 cm³/mol. The molecule has 2 aromatic heterocycles. The summed E-state index contributed by atoms with van der Waals surface area (Å²) in [5.41, 5.74) is 7.65. The summed E-state index contributed by atoms with van der Waals surface area (Å²) in [5, 5.41) is 10.9. The van der Waals surface area contributed by atoms with E-state index in [4.69, 9.17) is 10.5 Å². The second-order valence-corrected chi connectivity index (χ2v) is 7.20. The van der Waals surface area contributed by atoms with Gasteiger partial charge in [-0.25, -0.2) is 4.98 Å². The van der Waals surface area contributed by atoms with Gasteiger partial charge in [0.1, 0.15) is 18.1 Å². The van der Waals surface area contributed by atoms with Crippen molar-refractivity contribution in [1.82, 2.24) is 14.1 Å². The van der Waals surface area contributed by atoms with Gasteiger partial charge in [-0.2, -0.15) is 0 Å². The van der Waals surface area contributed by atoms with E-state index in [0.29, 0.717) is 19.6 Å². The van der Waals surface area contributed by atoms with Crippen LogP contribution in [0.1, 0.15) is 28.5 Å². The number of nitrogens with two attached hydrogens (primary N) is 1. The Kier molecular flexibility index (Phi) is 5.81. The number of aryl methyl sites for hydroxylation is 1. The molecule has 30 heavy (non-hydrogen) atoms. The summed E-state index contributed by atoms with van der Waals surface area (Å²) in [4.78, 5) is 15.3. The van der Waals surface area contributed by atoms with Gasteiger partial charge in [-0.1, -0.05) is 30.3 Å². The first-order valence-electron chi connectivity index (χ1n) is 9.84. The van der Waals surface area contributed by atoms with Crippen molar-refractivity contribution < 1.29 is 14.6 Å². The Bertz CT molecular complexity index is 1130. The Morgan fingerprint density at radius 3 is 2.73 bits per heavy atom. The first kappa shape index (κ1) is 19.7. The van der Waals surface area contributed by atoms with Crippen molar-refractivity contribution >= 4 is 16.8 Å². The molecule has 0 radical (unpaired) electrons. The number of aliphatic hydroxyl groups is 1. The maximum atomic E-state index is 11.3. The number of ether oxygens (including phenoxy) is 1. The van der Waals surface area contributed by atoms with Crippen LogP contribution in [0.3, 0.4) is 0 Å². The smallest absolute Gasteiger partial charge is 0.268 e. The summed E-state index contributed by atoms with van der Waals surface area (Å²) in [6.07, 6.45) is 5.81. The minimum absolute atomic E-state index is 0.0563. The maximum Gasteiger partial charge on any atom is 0.268 e. The van der Waals surface area contributed by atoms with Crippen molar-refractivity contribution in [3.8, 4) is 5.75 Å². The molecule has 1 amide bonds. The second kappa shape index (κ2) is 8.84. The van der Waals surface area contributed by atoms with Gasteiger partial charge in [0.15, 0.2) is 0 Å². The van der Waals surface area contributed by atoms with Crippen LogP contribution in [-0.2, 0) is 13.2 Å². The quantitative estimate of drug-likeness (QED) is 0.448. The number of fused-ring (bicyclic) bond motifs is 1. The zero-order chi connectivity index (χ0) is 20.9. The molecular weight excluding hydrogens is 380 g/mol. The standard InChI is InChI=1S/C23H24N4O3/c24-23(29)21-13-27(16-25-21)19(14-28)9-11-26-10-8-18-6-7-20(12-22(18)26)30-15-17-4-2-1-3-5-17/h1-8,10,12-13,16,19,28H,9,11,14-15H2,(H2,24,29). The van der Waals surface area contributed by atoms with E-state index in [0.717, 1.165) is 22.2 Å². The van der Waals surface area contributed by atoms with Gasteiger partial charge in [0.05, 0.1) is 24.5 Å². The van der Waals surface area contributed by atoms with E-state index in [1.165, 1.54) is 6.33 Å². The fraction of sp³-hybridized carbons (Fsp3) is 0.217. The highest BCUT2D eigenvalue weighted by Crippen LogP contribution is 2.24. The number of carbonyl (C=O) groups excluding carboxylic acids is 1. The summed E-state index contributed by atoms with van der Waals surface area (Å²) in [5.74, 6) is 0.232. The molecule has 3 N–H and O–H groups in total. The SMILES string of the molecule is NC(=O)c1cn(C(CO)CCn2ccc3ccc(OCc4ccccc4)cc32)cn1. The highest BCUT2D eigenvalue weighted by molar-refractivity contribution is 5.90. The minimum Gasteiger partial charge on any atom is -0.489 e. The zero-order valence-corrected chi connectivity index (χ0v) is 16.5. The van der Waals surface area contributed by atoms with Crippen molar-refractivity contribution in [3.63, 3.8) is 0 Å². The maximum absolute atomic E-state index is 11.3. The number of rotatable bonds is 9. The number of primary amides is 1. The number of imidazole rings is 1. The summed E-state index contributed by atoms with van der Waals surface area (Å²) in [6.45, 7) is 1.16. The normalized spacial score (nSPS) is 12.2. The van der Waals surface area contributed by atoms with Gasteiger partial charge in [-0.15, -0.1) is 0 Å². The van der Waals surface area contributed by atoms with Crippen molar-refractivity contribution in [2.45, 2.75) is 25.6 Å². The summed E-state index contributed by atoms with van der Waals surface area (Å²) < 4.78 is 9.83. The van der Waals surface area contributed by atoms with Crippen LogP contribution in [-0.4, -0.2) is 31.7 Å². The Balaban J connectivity index is 1.46. The van der Waals surface area contributed by atoms with Crippen LogP contribution in [0.2, 0.25) is 0 Å². The summed E-state index contributed by atoms with van der Waals surface area (Å²) in [6, 6.07) is 18.0. The molecule has 0 aliphatic heterocycles. The van der Waals surface area contributed by atoms with E-state index in [1.54, 1.807) is 10.8 Å². The molecule has 0 aliphatic rings. The van der Waals surface area contributed by atoms with Gasteiger partial charge in [-0.05, 0) is 35.6 Å². The molecule has 0 saturated carbocycles. The molecule has 1 atom stereocenters. The van der Waals surface area contributed by atoms with E-state index in [-0.39, 0.29) is 18.3 Å². The Morgan fingerprint density at radius 2 is 2.00 bits per heavy atom. The molecule has 0 spiro atoms. The molecule has 2 heterocycles. The minimum atomic E-state index is -0.579. The van der Waals surface area contributed by atoms with Crippen LogP contribution in [0, 0.1) is 0 Å². The Hall–Kier alpha value is -3.58. The molecule has 0 fully saturated rings. The average Bonchev–Trinajstić information content (AvgIpc) is 3.41. The number of benzene rings is 2. The first-order chi connectivity index (χ1) is 14.6. The lowest BCUT2D eigenvalue weighted by Gasteiger charge is -2.16. The van der Waals surface area contributed by atoms with Crippen molar-refractivity contribution in [2.24, 2.45) is 5.73 Å². The molecule has 2 aromatic carbocycles. The van der Waals surface area contributed by atoms with Gasteiger partial charge < -0.3 is 24.7 Å². The number of hydrogen-bond acceptors (Lipinski definition) is 4. The van der Waals surface area contributed by atoms with Crippen molar-refractivity contribution in [1.29, 1.82) is 0 Å². The molecule has 7 heteroatoms. The second-order valence-electron chi connectivity index (χ2n) is 7.20. The lowest BCUT2D eigenvalue weighted by molar-refractivity contribution is 0.0995. The van der Waals surface area contributed by atoms with E-state index < -0.39 is 5.91 Å². The number of amides is 1. The number of aromatic nitrogens is 3. The van der Waals surface area contributed by atoms with Crippen LogP contribution in [0.5, 0.6) is 5.75 Å². The molecule has 0 saturated heterocycles. The van der Waals surface area contributed by atoms with E-state index in [9.17, 15) is 9.90 Å². The number of carbonyl (C=O) groups is 1. The van der Waals surface area contributed by atoms with E-state index >= 15 is 0 Å². The predicted octanol–water partition coefficient (Wildman–Crippen LogP) is 3.14. The third-order valence-corrected chi connectivity index (χ3v) is 5.18. The van der Waals surface area contributed by atoms with Gasteiger partial charge >= 0.3 is 0 Å². The summed E-state index contributed by atoms with van der Waals surface area (Å²) >= 11 is 0. The van der Waals surface area contributed by atoms with Gasteiger partial charge in [0.2, 0.25) is 0 Å². The highest BCUT2D eigenvalue weighted by atomic mass is 16.5. The number of aliphatic hydroxyl groups excluding tert-OH is 1. The largest absolute Gasteiger partial charge is 0.489 e. The first-order valence-corrected chi connectivity index (χ1v) is 9.84. The third-order valence-electron chi connectivity index (χ3n) is 5.18. The number of nitrogens with zero attached hydrogens (tertiary/aromatic N) is 3. The van der Waals surface area contributed by atoms with Crippen LogP contribution in [0.25, 0.3) is 10.9 Å². The van der Waals surface area contributed by atoms with Crippen LogP contribution < -0.4 is 10.5 Å². The molecule has 7 nitrogen and oxygen atoms in total. The van der Waals surface area contributed by atoms with Gasteiger partial charge in [0.25, 0.3) is 5.91 Å². The van der Waals surface area contributed by atoms with Crippen LogP contribution >= 0.6 is 0 Å². The van der Waals surface area contributed by atoms with E-state index in [1.807, 2.05) is 54.7 Å². The number of hydrogen-bond donors (Lipinski definition) is 2. The molecule has 0 aliphatic carbocycles. The fourth-order valence-electron chi connectivity index (χ4n) is 3.48. The monoisotopic (exact) mass is 404 g/mol. The lowest BCUT2D eigenvalue weighted by Crippen LogP contribution is -2.15. The molecule has 1 unspecified atom stereocenters. The summed E-state index contributed by atoms with van der Waals surface area (Å²) in [7, 11) is 0. The average molecular weight is 404 g/mol. The van der Waals surface area contributed by atoms with Crippen molar-refractivity contribution in [2.75, 3.05) is 6.61 Å². The topological polar surface area (TPSA) is 95.3 Å². The fourth-order valence-corrected chi connectivity index (χ4v) is 3.48. The van der Waals surface area contributed by atoms with Crippen molar-refractivity contribution in [3.05, 3.63) is 84.6 Å². The molecule has 0 bridgehead atoms.